The molecule has 1 aliphatic carbocycles. The molecule has 1 fully saturated rings. The predicted molar refractivity (Wildman–Crippen MR) is 95.3 cm³/mol. The van der Waals surface area contributed by atoms with Gasteiger partial charge in [-0.05, 0) is 59.9 Å². The van der Waals surface area contributed by atoms with Crippen molar-refractivity contribution in [2.75, 3.05) is 0 Å². The second kappa shape index (κ2) is 6.91. The molecule has 4 rings (SSSR count). The smallest absolute Gasteiger partial charge is 0.420 e. The van der Waals surface area contributed by atoms with Crippen LogP contribution in [0.25, 0.3) is 0 Å². The Morgan fingerprint density at radius 3 is 2.62 bits per heavy atom. The Morgan fingerprint density at radius 1 is 1.17 bits per heavy atom. The highest BCUT2D eigenvalue weighted by Gasteiger charge is 2.42. The second-order valence-corrected chi connectivity index (χ2v) is 6.82. The molecule has 0 aromatic heterocycles. The summed E-state index contributed by atoms with van der Waals surface area (Å²) in [6.45, 7) is 0. The summed E-state index contributed by atoms with van der Waals surface area (Å²) in [4.78, 5) is 23.1. The van der Waals surface area contributed by atoms with Crippen LogP contribution in [0, 0.1) is 5.41 Å². The molecule has 2 atom stereocenters. The van der Waals surface area contributed by atoms with Gasteiger partial charge in [-0.1, -0.05) is 6.07 Å². The second-order valence-electron chi connectivity index (χ2n) is 6.82. The molecule has 2 N–H and O–H groups in total. The van der Waals surface area contributed by atoms with E-state index in [0.717, 1.165) is 23.4 Å². The minimum atomic E-state index is -4.63. The van der Waals surface area contributed by atoms with Gasteiger partial charge in [0, 0.05) is 12.1 Å². The van der Waals surface area contributed by atoms with Crippen LogP contribution in [0.5, 0.6) is 11.5 Å². The van der Waals surface area contributed by atoms with Gasteiger partial charge in [-0.15, -0.1) is 0 Å². The van der Waals surface area contributed by atoms with E-state index in [4.69, 9.17) is 14.9 Å². The maximum Gasteiger partial charge on any atom is 0.420 e. The monoisotopic (exact) mass is 404 g/mol. The van der Waals surface area contributed by atoms with Gasteiger partial charge in [0.25, 0.3) is 5.91 Å². The Labute approximate surface area is 163 Å². The zero-order valence-corrected chi connectivity index (χ0v) is 14.9. The number of carbonyl (C=O) groups is 2. The van der Waals surface area contributed by atoms with Gasteiger partial charge >= 0.3 is 12.3 Å². The van der Waals surface area contributed by atoms with E-state index in [1.807, 2.05) is 0 Å². The largest absolute Gasteiger partial charge is 0.457 e. The number of nitrogens with one attached hydrogen (secondary N) is 2. The summed E-state index contributed by atoms with van der Waals surface area (Å²) in [6, 6.07) is 8.25. The van der Waals surface area contributed by atoms with Gasteiger partial charge in [0.1, 0.15) is 11.5 Å². The van der Waals surface area contributed by atoms with Gasteiger partial charge in [-0.2, -0.15) is 13.2 Å². The molecular formula is C20H15F3N2O4. The number of fused-ring (bicyclic) bond motifs is 1. The third-order valence-electron chi connectivity index (χ3n) is 5.03. The molecule has 0 radical (unpaired) electrons. The highest BCUT2D eigenvalue weighted by molar-refractivity contribution is 6.00. The Balaban J connectivity index is 1.61. The van der Waals surface area contributed by atoms with Crippen LogP contribution in [0.15, 0.2) is 36.4 Å². The predicted octanol–water partition coefficient (Wildman–Crippen LogP) is 4.16. The summed E-state index contributed by atoms with van der Waals surface area (Å²) in [6.07, 6.45) is -4.32. The normalized spacial score (nSPS) is 20.8. The van der Waals surface area contributed by atoms with Crippen molar-refractivity contribution in [3.63, 3.8) is 0 Å². The van der Waals surface area contributed by atoms with E-state index in [2.05, 4.69) is 5.32 Å². The van der Waals surface area contributed by atoms with Crippen molar-refractivity contribution >= 4 is 18.2 Å². The van der Waals surface area contributed by atoms with Gasteiger partial charge in [-0.3, -0.25) is 10.1 Å². The average Bonchev–Trinajstić information content (AvgIpc) is 3.22. The van der Waals surface area contributed by atoms with Gasteiger partial charge in [0.15, 0.2) is 6.10 Å². The quantitative estimate of drug-likeness (QED) is 0.749. The molecule has 1 saturated heterocycles. The number of aryl methyl sites for hydroxylation is 1. The summed E-state index contributed by atoms with van der Waals surface area (Å²) in [5.74, 6) is -0.926. The minimum Gasteiger partial charge on any atom is -0.457 e. The van der Waals surface area contributed by atoms with Crippen molar-refractivity contribution in [3.05, 3.63) is 58.7 Å². The van der Waals surface area contributed by atoms with Crippen LogP contribution in [-0.4, -0.2) is 24.3 Å². The van der Waals surface area contributed by atoms with Gasteiger partial charge in [0.2, 0.25) is 0 Å². The highest BCUT2D eigenvalue weighted by Crippen LogP contribution is 2.42. The highest BCUT2D eigenvalue weighted by atomic mass is 19.4. The number of alkyl halides is 3. The lowest BCUT2D eigenvalue weighted by Gasteiger charge is -2.17. The maximum atomic E-state index is 13.3. The van der Waals surface area contributed by atoms with Gasteiger partial charge in [-0.25, -0.2) is 4.79 Å². The molecule has 1 unspecified atom stereocenters. The summed E-state index contributed by atoms with van der Waals surface area (Å²) in [5.41, 5.74) is 0.785. The summed E-state index contributed by atoms with van der Waals surface area (Å²) >= 11 is 0. The molecule has 1 aliphatic heterocycles. The van der Waals surface area contributed by atoms with E-state index in [-0.39, 0.29) is 23.0 Å². The van der Waals surface area contributed by atoms with E-state index in [1.54, 1.807) is 12.1 Å². The van der Waals surface area contributed by atoms with Crippen molar-refractivity contribution in [1.29, 1.82) is 5.41 Å². The fraction of sp³-hybridized carbons (Fsp3) is 0.250. The fourth-order valence-electron chi connectivity index (χ4n) is 3.71. The molecule has 0 bridgehead atoms. The lowest BCUT2D eigenvalue weighted by atomic mass is 9.95. The number of hydrogen-bond donors (Lipinski definition) is 2. The standard InChI is InChI=1S/C20H15F3N2O4/c21-20(22,23)15-7-10(9-24)1-6-16(15)28-12-3-5-13-11(8-12)2-4-14(13)17-18(26)25-19(27)29-17/h1,3,5-9,14,17,24H,2,4H2,(H,25,26,27)/t14-,17?/m1/s1. The van der Waals surface area contributed by atoms with Gasteiger partial charge < -0.3 is 14.9 Å². The molecule has 0 spiro atoms. The Morgan fingerprint density at radius 2 is 1.97 bits per heavy atom. The van der Waals surface area contributed by atoms with E-state index in [9.17, 15) is 22.8 Å². The third-order valence-corrected chi connectivity index (χ3v) is 5.03. The number of hydrogen-bond acceptors (Lipinski definition) is 5. The van der Waals surface area contributed by atoms with Gasteiger partial charge in [0.05, 0.1) is 5.56 Å². The third kappa shape index (κ3) is 3.55. The van der Waals surface area contributed by atoms with Crippen LogP contribution in [-0.2, 0) is 22.1 Å². The molecule has 1 heterocycles. The molecule has 2 amide bonds. The lowest BCUT2D eigenvalue weighted by molar-refractivity contribution is -0.138. The number of alkyl carbamates (subject to hydrolysis) is 1. The fourth-order valence-corrected chi connectivity index (χ4v) is 3.71. The molecular weight excluding hydrogens is 389 g/mol. The molecule has 29 heavy (non-hydrogen) atoms. The number of halogens is 3. The van der Waals surface area contributed by atoms with Crippen LogP contribution < -0.4 is 10.1 Å². The van der Waals surface area contributed by atoms with Crippen LogP contribution >= 0.6 is 0 Å². The van der Waals surface area contributed by atoms with Crippen LogP contribution in [0.3, 0.4) is 0 Å². The maximum absolute atomic E-state index is 13.3. The van der Waals surface area contributed by atoms with E-state index < -0.39 is 29.8 Å². The minimum absolute atomic E-state index is 0.117. The summed E-state index contributed by atoms with van der Waals surface area (Å²) in [7, 11) is 0. The molecule has 2 aromatic rings. The average molecular weight is 404 g/mol. The van der Waals surface area contributed by atoms with E-state index in [1.165, 1.54) is 18.2 Å². The zero-order valence-electron chi connectivity index (χ0n) is 14.9. The van der Waals surface area contributed by atoms with E-state index in [0.29, 0.717) is 12.8 Å². The SMILES string of the molecule is N=Cc1ccc(Oc2ccc3c(c2)CC[C@H]3C2OC(=O)NC2=O)c(C(F)(F)F)c1. The van der Waals surface area contributed by atoms with Crippen molar-refractivity contribution in [1.82, 2.24) is 5.32 Å². The number of rotatable bonds is 4. The number of benzene rings is 2. The molecule has 6 nitrogen and oxygen atoms in total. The number of ether oxygens (including phenoxy) is 2. The van der Waals surface area contributed by atoms with Crippen LogP contribution in [0.1, 0.15) is 34.6 Å². The van der Waals surface area contributed by atoms with Crippen molar-refractivity contribution < 1.29 is 32.2 Å². The number of carbonyl (C=O) groups excluding carboxylic acids is 2. The first-order valence-electron chi connectivity index (χ1n) is 8.80. The summed E-state index contributed by atoms with van der Waals surface area (Å²) < 4.78 is 50.6. The lowest BCUT2D eigenvalue weighted by Crippen LogP contribution is -2.28. The molecule has 150 valence electrons. The Kier molecular flexibility index (Phi) is 4.52. The number of cyclic esters (lactones) is 1. The first kappa shape index (κ1) is 19.0. The van der Waals surface area contributed by atoms with E-state index >= 15 is 0 Å². The first-order valence-corrected chi connectivity index (χ1v) is 8.80. The van der Waals surface area contributed by atoms with Crippen molar-refractivity contribution in [3.8, 4) is 11.5 Å². The zero-order chi connectivity index (χ0) is 20.8. The van der Waals surface area contributed by atoms with Crippen molar-refractivity contribution in [2.24, 2.45) is 0 Å². The van der Waals surface area contributed by atoms with Crippen LogP contribution in [0.4, 0.5) is 18.0 Å². The molecule has 0 saturated carbocycles. The summed E-state index contributed by atoms with van der Waals surface area (Å²) in [5, 5.41) is 9.24. The Hall–Kier alpha value is -3.36. The molecule has 2 aliphatic rings. The van der Waals surface area contributed by atoms with Crippen LogP contribution in [0.2, 0.25) is 0 Å². The number of amides is 2. The number of imide groups is 1. The van der Waals surface area contributed by atoms with Crippen molar-refractivity contribution in [2.45, 2.75) is 31.0 Å². The topological polar surface area (TPSA) is 88.5 Å². The molecule has 9 heteroatoms. The molecule has 2 aromatic carbocycles. The first-order chi connectivity index (χ1) is 13.8. The Bertz CT molecular complexity index is 1020.